The van der Waals surface area contributed by atoms with Crippen LogP contribution in [0.4, 0.5) is 5.69 Å². The third-order valence-electron chi connectivity index (χ3n) is 7.74. The van der Waals surface area contributed by atoms with Gasteiger partial charge < -0.3 is 10.2 Å². The zero-order chi connectivity index (χ0) is 25.2. The molecule has 3 aromatic carbocycles. The van der Waals surface area contributed by atoms with Crippen LogP contribution in [0.5, 0.6) is 0 Å². The highest BCUT2D eigenvalue weighted by Crippen LogP contribution is 2.46. The third-order valence-corrected chi connectivity index (χ3v) is 8.55. The lowest BCUT2D eigenvalue weighted by molar-refractivity contribution is -0.121. The van der Waals surface area contributed by atoms with Gasteiger partial charge in [0.2, 0.25) is 5.91 Å². The van der Waals surface area contributed by atoms with Gasteiger partial charge in [-0.15, -0.1) is 12.4 Å². The molecule has 1 atom stereocenters. The first-order valence-corrected chi connectivity index (χ1v) is 13.6. The number of aryl methyl sites for hydroxylation is 1. The highest BCUT2D eigenvalue weighted by Gasteiger charge is 2.35. The Morgan fingerprint density at radius 1 is 0.919 bits per heavy atom. The molecule has 1 N–H and O–H groups in total. The molecule has 7 heteroatoms. The minimum Gasteiger partial charge on any atom is -0.368 e. The lowest BCUT2D eigenvalue weighted by Gasteiger charge is -2.36. The minimum atomic E-state index is -0.220. The number of hydrogen-bond acceptors (Lipinski definition) is 3. The standard InChI is InChI=1S/C30H33Cl2N3O.ClH/c1-20-12-13-24-22-8-3-4-9-23(22)28(27(24)21(20)2)30(36)33-14-5-6-15-34-16-18-35(19-17-34)26-11-7-10-25(31)29(26)32;/h3-4,7-13,28H,5-6,14-19H2,1-2H3,(H,33,36);1H. The molecule has 1 fully saturated rings. The van der Waals surface area contributed by atoms with E-state index >= 15 is 0 Å². The molecule has 1 unspecified atom stereocenters. The van der Waals surface area contributed by atoms with Crippen molar-refractivity contribution in [1.29, 1.82) is 0 Å². The number of carbonyl (C=O) groups excluding carboxylic acids is 1. The number of nitrogens with one attached hydrogen (secondary N) is 1. The normalized spacial score (nSPS) is 16.6. The van der Waals surface area contributed by atoms with E-state index < -0.39 is 0 Å². The van der Waals surface area contributed by atoms with Crippen molar-refractivity contribution in [1.82, 2.24) is 10.2 Å². The SMILES string of the molecule is Cc1ccc2c(c1C)C(C(=O)NCCCCN1CCN(c3cccc(Cl)c3Cl)CC1)c1ccccc1-2.Cl. The molecule has 37 heavy (non-hydrogen) atoms. The smallest absolute Gasteiger partial charge is 0.232 e. The number of benzene rings is 3. The lowest BCUT2D eigenvalue weighted by Crippen LogP contribution is -2.46. The molecule has 0 spiro atoms. The van der Waals surface area contributed by atoms with Crippen LogP contribution >= 0.6 is 35.6 Å². The number of nitrogens with zero attached hydrogens (tertiary/aromatic N) is 2. The zero-order valence-corrected chi connectivity index (χ0v) is 23.7. The number of anilines is 1. The molecule has 4 nitrogen and oxygen atoms in total. The van der Waals surface area contributed by atoms with E-state index in [1.165, 1.54) is 27.8 Å². The summed E-state index contributed by atoms with van der Waals surface area (Å²) in [5.41, 5.74) is 8.16. The van der Waals surface area contributed by atoms with E-state index in [1.54, 1.807) is 0 Å². The Labute approximate surface area is 236 Å². The van der Waals surface area contributed by atoms with Crippen molar-refractivity contribution in [3.05, 3.63) is 86.9 Å². The number of unbranched alkanes of at least 4 members (excludes halogenated alkanes) is 1. The molecule has 0 radical (unpaired) electrons. The number of halogens is 3. The summed E-state index contributed by atoms with van der Waals surface area (Å²) in [5, 5.41) is 4.48. The van der Waals surface area contributed by atoms with Crippen LogP contribution in [0.25, 0.3) is 11.1 Å². The predicted octanol–water partition coefficient (Wildman–Crippen LogP) is 6.86. The van der Waals surface area contributed by atoms with Crippen LogP contribution in [0, 0.1) is 13.8 Å². The minimum absolute atomic E-state index is 0. The average molecular weight is 559 g/mol. The maximum atomic E-state index is 13.4. The highest BCUT2D eigenvalue weighted by atomic mass is 35.5. The molecule has 1 saturated heterocycles. The Morgan fingerprint density at radius 3 is 2.46 bits per heavy atom. The summed E-state index contributed by atoms with van der Waals surface area (Å²) < 4.78 is 0. The molecular weight excluding hydrogens is 525 g/mol. The summed E-state index contributed by atoms with van der Waals surface area (Å²) in [5.74, 6) is -0.107. The van der Waals surface area contributed by atoms with Gasteiger partial charge >= 0.3 is 0 Å². The lowest BCUT2D eigenvalue weighted by atomic mass is 9.90. The summed E-state index contributed by atoms with van der Waals surface area (Å²) >= 11 is 12.6. The second-order valence-electron chi connectivity index (χ2n) is 9.89. The van der Waals surface area contributed by atoms with E-state index in [4.69, 9.17) is 23.2 Å². The monoisotopic (exact) mass is 557 g/mol. The van der Waals surface area contributed by atoms with E-state index in [0.717, 1.165) is 56.8 Å². The number of amides is 1. The van der Waals surface area contributed by atoms with Gasteiger partial charge in [-0.25, -0.2) is 0 Å². The summed E-state index contributed by atoms with van der Waals surface area (Å²) in [6.45, 7) is 9.90. The maximum Gasteiger partial charge on any atom is 0.232 e. The average Bonchev–Trinajstić information content (AvgIpc) is 3.23. The number of fused-ring (bicyclic) bond motifs is 3. The van der Waals surface area contributed by atoms with Crippen molar-refractivity contribution in [3.8, 4) is 11.1 Å². The summed E-state index contributed by atoms with van der Waals surface area (Å²) in [6.07, 6.45) is 2.04. The Hall–Kier alpha value is -2.24. The molecule has 0 bridgehead atoms. The van der Waals surface area contributed by atoms with Gasteiger partial charge in [-0.2, -0.15) is 0 Å². The fourth-order valence-electron chi connectivity index (χ4n) is 5.59. The molecule has 5 rings (SSSR count). The van der Waals surface area contributed by atoms with Gasteiger partial charge in [-0.1, -0.05) is 65.7 Å². The van der Waals surface area contributed by atoms with Gasteiger partial charge in [0.1, 0.15) is 0 Å². The molecule has 1 amide bonds. The molecule has 1 heterocycles. The topological polar surface area (TPSA) is 35.6 Å². The van der Waals surface area contributed by atoms with Crippen molar-refractivity contribution in [2.75, 3.05) is 44.2 Å². The number of piperazine rings is 1. The predicted molar refractivity (Wildman–Crippen MR) is 158 cm³/mol. The van der Waals surface area contributed by atoms with Crippen molar-refractivity contribution in [2.24, 2.45) is 0 Å². The van der Waals surface area contributed by atoms with Crippen LogP contribution in [-0.2, 0) is 4.79 Å². The number of carbonyl (C=O) groups is 1. The van der Waals surface area contributed by atoms with Crippen LogP contribution in [0.2, 0.25) is 10.0 Å². The number of hydrogen-bond donors (Lipinski definition) is 1. The second kappa shape index (κ2) is 12.1. The van der Waals surface area contributed by atoms with Gasteiger partial charge in [0.05, 0.1) is 21.7 Å². The first-order chi connectivity index (χ1) is 17.5. The fraction of sp³-hybridized carbons (Fsp3) is 0.367. The van der Waals surface area contributed by atoms with Gasteiger partial charge in [0, 0.05) is 32.7 Å². The molecule has 196 valence electrons. The largest absolute Gasteiger partial charge is 0.368 e. The van der Waals surface area contributed by atoms with E-state index in [2.05, 4.69) is 59.3 Å². The first kappa shape index (κ1) is 27.8. The molecule has 0 aromatic heterocycles. The van der Waals surface area contributed by atoms with E-state index in [1.807, 2.05) is 24.3 Å². The Balaban J connectivity index is 0.00000320. The van der Waals surface area contributed by atoms with E-state index in [-0.39, 0.29) is 24.2 Å². The Bertz CT molecular complexity index is 1270. The highest BCUT2D eigenvalue weighted by molar-refractivity contribution is 6.43. The molecule has 0 saturated carbocycles. The van der Waals surface area contributed by atoms with Crippen molar-refractivity contribution in [3.63, 3.8) is 0 Å². The summed E-state index contributed by atoms with van der Waals surface area (Å²) in [6, 6.07) is 18.5. The van der Waals surface area contributed by atoms with Crippen LogP contribution in [0.1, 0.15) is 41.0 Å². The van der Waals surface area contributed by atoms with Gasteiger partial charge in [-0.05, 0) is 78.7 Å². The van der Waals surface area contributed by atoms with Crippen molar-refractivity contribution < 1.29 is 4.79 Å². The molecule has 3 aromatic rings. The second-order valence-corrected chi connectivity index (χ2v) is 10.7. The third kappa shape index (κ3) is 5.63. The van der Waals surface area contributed by atoms with Crippen LogP contribution in [0.3, 0.4) is 0 Å². The Morgan fingerprint density at radius 2 is 1.68 bits per heavy atom. The van der Waals surface area contributed by atoms with E-state index in [9.17, 15) is 4.79 Å². The van der Waals surface area contributed by atoms with Gasteiger partial charge in [-0.3, -0.25) is 9.69 Å². The van der Waals surface area contributed by atoms with Gasteiger partial charge in [0.25, 0.3) is 0 Å². The van der Waals surface area contributed by atoms with Gasteiger partial charge in [0.15, 0.2) is 0 Å². The molecule has 1 aliphatic heterocycles. The molecule has 1 aliphatic carbocycles. The quantitative estimate of drug-likeness (QED) is 0.322. The van der Waals surface area contributed by atoms with Crippen LogP contribution in [0.15, 0.2) is 54.6 Å². The fourth-order valence-corrected chi connectivity index (χ4v) is 6.00. The van der Waals surface area contributed by atoms with Crippen molar-refractivity contribution >= 4 is 47.2 Å². The first-order valence-electron chi connectivity index (χ1n) is 12.8. The molecular formula is C30H34Cl3N3O. The molecule has 2 aliphatic rings. The zero-order valence-electron chi connectivity index (χ0n) is 21.4. The maximum absolute atomic E-state index is 13.4. The van der Waals surface area contributed by atoms with Crippen molar-refractivity contribution in [2.45, 2.75) is 32.6 Å². The van der Waals surface area contributed by atoms with Crippen LogP contribution < -0.4 is 10.2 Å². The van der Waals surface area contributed by atoms with Crippen LogP contribution in [-0.4, -0.2) is 50.1 Å². The summed E-state index contributed by atoms with van der Waals surface area (Å²) in [7, 11) is 0. The Kier molecular flexibility index (Phi) is 9.07. The summed E-state index contributed by atoms with van der Waals surface area (Å²) in [4.78, 5) is 18.2. The van der Waals surface area contributed by atoms with E-state index in [0.29, 0.717) is 16.6 Å². The number of rotatable bonds is 7.